The first-order valence-corrected chi connectivity index (χ1v) is 9.79. The summed E-state index contributed by atoms with van der Waals surface area (Å²) in [5.41, 5.74) is -3.90. The number of nitrogens with zero attached hydrogens (tertiary/aromatic N) is 2. The Bertz CT molecular complexity index is 972. The Balaban J connectivity index is 1.74. The summed E-state index contributed by atoms with van der Waals surface area (Å²) in [5, 5.41) is 8.99. The smallest absolute Gasteiger partial charge is 0.375 e. The summed E-state index contributed by atoms with van der Waals surface area (Å²) in [5.74, 6) is -2.81. The Hall–Kier alpha value is -2.44. The molecule has 0 saturated carbocycles. The lowest BCUT2D eigenvalue weighted by Gasteiger charge is -2.35. The van der Waals surface area contributed by atoms with Gasteiger partial charge < -0.3 is 9.47 Å². The molecule has 3 heterocycles. The Morgan fingerprint density at radius 2 is 1.93 bits per heavy atom. The number of carbonyl (C=O) groups excluding carboxylic acids is 2. The molecule has 0 aliphatic carbocycles. The number of hydrogen-bond donors (Lipinski definition) is 0. The number of amides is 2. The lowest BCUT2D eigenvalue weighted by Crippen LogP contribution is -2.50. The molecule has 5 atom stereocenters. The molecule has 0 N–H and O–H groups in total. The fraction of sp³-hybridized carbons (Fsp3) is 0.571. The topological polar surface area (TPSA) is 79.6 Å². The van der Waals surface area contributed by atoms with Crippen LogP contribution in [0, 0.1) is 23.2 Å². The summed E-state index contributed by atoms with van der Waals surface area (Å²) in [6.45, 7) is 5.92. The van der Waals surface area contributed by atoms with Crippen LogP contribution >= 0.6 is 0 Å². The molecule has 3 aliphatic heterocycles. The van der Waals surface area contributed by atoms with Crippen molar-refractivity contribution in [2.45, 2.75) is 57.1 Å². The molecule has 6 nitrogen and oxygen atoms in total. The van der Waals surface area contributed by atoms with Gasteiger partial charge in [-0.1, -0.05) is 6.92 Å². The number of hydrogen-bond acceptors (Lipinski definition) is 5. The highest BCUT2D eigenvalue weighted by atomic mass is 19.4. The maximum Gasteiger partial charge on any atom is 0.417 e. The zero-order valence-corrected chi connectivity index (χ0v) is 16.7. The zero-order chi connectivity index (χ0) is 22.1. The number of ether oxygens (including phenoxy) is 2. The highest BCUT2D eigenvalue weighted by Gasteiger charge is 2.76. The van der Waals surface area contributed by atoms with E-state index in [0.717, 1.165) is 17.4 Å². The first-order chi connectivity index (χ1) is 14.0. The van der Waals surface area contributed by atoms with Gasteiger partial charge in [-0.3, -0.25) is 9.59 Å². The number of halogens is 3. The molecule has 1 aromatic carbocycles. The van der Waals surface area contributed by atoms with E-state index >= 15 is 0 Å². The Labute approximate surface area is 171 Å². The maximum absolute atomic E-state index is 13.4. The molecule has 0 aromatic heterocycles. The summed E-state index contributed by atoms with van der Waals surface area (Å²) in [6.07, 6.45) is -3.96. The highest BCUT2D eigenvalue weighted by Crippen LogP contribution is 2.61. The summed E-state index contributed by atoms with van der Waals surface area (Å²) >= 11 is 0. The molecule has 9 heteroatoms. The van der Waals surface area contributed by atoms with Crippen molar-refractivity contribution >= 4 is 17.5 Å². The zero-order valence-electron chi connectivity index (χ0n) is 16.7. The largest absolute Gasteiger partial charge is 0.417 e. The first-order valence-electron chi connectivity index (χ1n) is 9.79. The number of anilines is 1. The molecule has 3 aliphatic rings. The summed E-state index contributed by atoms with van der Waals surface area (Å²) in [7, 11) is 0. The molecular formula is C21H21F3N2O4. The average Bonchev–Trinajstić information content (AvgIpc) is 3.19. The molecule has 2 unspecified atom stereocenters. The second-order valence-corrected chi connectivity index (χ2v) is 8.47. The quantitative estimate of drug-likeness (QED) is 0.695. The van der Waals surface area contributed by atoms with Crippen molar-refractivity contribution in [2.75, 3.05) is 11.5 Å². The number of rotatable bonds is 4. The summed E-state index contributed by atoms with van der Waals surface area (Å²) in [6, 6.07) is 4.37. The minimum Gasteiger partial charge on any atom is -0.375 e. The van der Waals surface area contributed by atoms with Gasteiger partial charge in [0, 0.05) is 13.0 Å². The van der Waals surface area contributed by atoms with Gasteiger partial charge in [0.1, 0.15) is 5.60 Å². The minimum absolute atomic E-state index is 0.191. The minimum atomic E-state index is -4.79. The van der Waals surface area contributed by atoms with E-state index in [1.807, 2.05) is 6.92 Å². The van der Waals surface area contributed by atoms with Crippen molar-refractivity contribution in [1.29, 1.82) is 5.26 Å². The third-order valence-electron chi connectivity index (χ3n) is 6.48. The van der Waals surface area contributed by atoms with Crippen molar-refractivity contribution in [3.63, 3.8) is 0 Å². The van der Waals surface area contributed by atoms with Crippen LogP contribution in [0.1, 0.15) is 44.7 Å². The molecular weight excluding hydrogens is 401 g/mol. The standard InChI is InChI=1S/C21H21F3N2O4/c1-4-7-29-14-9-19(2)15-16(20(14,3)30-19)18(28)26(17(15)27)12-6-5-11(10-25)13(8-12)21(22,23)24/h5-6,8,14-16H,4,7,9H2,1-3H3/t14-,15-,16+,19?,20?/m0/s1. The number of benzene rings is 1. The summed E-state index contributed by atoms with van der Waals surface area (Å²) in [4.78, 5) is 27.3. The second kappa shape index (κ2) is 6.53. The highest BCUT2D eigenvalue weighted by molar-refractivity contribution is 6.23. The van der Waals surface area contributed by atoms with Crippen LogP contribution in [0.4, 0.5) is 18.9 Å². The predicted molar refractivity (Wildman–Crippen MR) is 98.2 cm³/mol. The van der Waals surface area contributed by atoms with Gasteiger partial charge in [0.2, 0.25) is 11.8 Å². The third kappa shape index (κ3) is 2.70. The molecule has 0 spiro atoms. The molecule has 2 amide bonds. The normalized spacial score (nSPS) is 35.1. The molecule has 3 fully saturated rings. The predicted octanol–water partition coefficient (Wildman–Crippen LogP) is 3.43. The summed E-state index contributed by atoms with van der Waals surface area (Å²) < 4.78 is 52.2. The van der Waals surface area contributed by atoms with Gasteiger partial charge in [0.05, 0.1) is 46.4 Å². The fourth-order valence-corrected chi connectivity index (χ4v) is 5.24. The van der Waals surface area contributed by atoms with E-state index in [1.54, 1.807) is 13.8 Å². The van der Waals surface area contributed by atoms with E-state index in [1.165, 1.54) is 12.1 Å². The Kier molecular flexibility index (Phi) is 4.53. The van der Waals surface area contributed by atoms with E-state index in [-0.39, 0.29) is 11.8 Å². The van der Waals surface area contributed by atoms with Crippen LogP contribution < -0.4 is 4.90 Å². The van der Waals surface area contributed by atoms with Gasteiger partial charge in [-0.05, 0) is 38.5 Å². The first kappa shape index (κ1) is 20.8. The van der Waals surface area contributed by atoms with Crippen molar-refractivity contribution in [3.8, 4) is 6.07 Å². The van der Waals surface area contributed by atoms with Crippen LogP contribution in [-0.4, -0.2) is 35.7 Å². The van der Waals surface area contributed by atoms with Crippen molar-refractivity contribution in [1.82, 2.24) is 0 Å². The van der Waals surface area contributed by atoms with Gasteiger partial charge in [-0.15, -0.1) is 0 Å². The lowest BCUT2D eigenvalue weighted by atomic mass is 9.67. The van der Waals surface area contributed by atoms with Crippen LogP contribution in [0.3, 0.4) is 0 Å². The molecule has 2 bridgehead atoms. The Morgan fingerprint density at radius 1 is 1.27 bits per heavy atom. The van der Waals surface area contributed by atoms with E-state index in [0.29, 0.717) is 19.1 Å². The number of fused-ring (bicyclic) bond motifs is 5. The van der Waals surface area contributed by atoms with Crippen LogP contribution in [0.15, 0.2) is 18.2 Å². The molecule has 0 radical (unpaired) electrons. The molecule has 1 aromatic rings. The van der Waals surface area contributed by atoms with Gasteiger partial charge in [-0.2, -0.15) is 18.4 Å². The van der Waals surface area contributed by atoms with Crippen LogP contribution in [0.2, 0.25) is 0 Å². The van der Waals surface area contributed by atoms with Gasteiger partial charge in [-0.25, -0.2) is 4.90 Å². The number of alkyl halides is 3. The molecule has 4 rings (SSSR count). The molecule has 3 saturated heterocycles. The van der Waals surface area contributed by atoms with E-state index in [2.05, 4.69) is 0 Å². The fourth-order valence-electron chi connectivity index (χ4n) is 5.24. The average molecular weight is 422 g/mol. The van der Waals surface area contributed by atoms with E-state index in [9.17, 15) is 22.8 Å². The van der Waals surface area contributed by atoms with Crippen molar-refractivity contribution < 1.29 is 32.2 Å². The lowest BCUT2D eigenvalue weighted by molar-refractivity contribution is -0.138. The van der Waals surface area contributed by atoms with Gasteiger partial charge >= 0.3 is 6.18 Å². The number of carbonyl (C=O) groups is 2. The van der Waals surface area contributed by atoms with Crippen molar-refractivity contribution in [3.05, 3.63) is 29.3 Å². The third-order valence-corrected chi connectivity index (χ3v) is 6.48. The molecule has 30 heavy (non-hydrogen) atoms. The van der Waals surface area contributed by atoms with Gasteiger partial charge in [0.15, 0.2) is 0 Å². The Morgan fingerprint density at radius 3 is 2.53 bits per heavy atom. The number of imide groups is 1. The second-order valence-electron chi connectivity index (χ2n) is 8.47. The monoisotopic (exact) mass is 422 g/mol. The molecule has 160 valence electrons. The van der Waals surface area contributed by atoms with Crippen LogP contribution in [0.25, 0.3) is 0 Å². The van der Waals surface area contributed by atoms with E-state index in [4.69, 9.17) is 14.7 Å². The SMILES string of the molecule is CCCO[C@H]1CC2(C)OC1(C)[C@H]1C(=O)N(c3ccc(C#N)c(C(F)(F)F)c3)C(=O)[C@H]12. The van der Waals surface area contributed by atoms with Crippen LogP contribution in [-0.2, 0) is 25.2 Å². The van der Waals surface area contributed by atoms with Gasteiger partial charge in [0.25, 0.3) is 0 Å². The maximum atomic E-state index is 13.4. The van der Waals surface area contributed by atoms with Crippen molar-refractivity contribution in [2.24, 2.45) is 11.8 Å². The van der Waals surface area contributed by atoms with Crippen LogP contribution in [0.5, 0.6) is 0 Å². The van der Waals surface area contributed by atoms with E-state index < -0.39 is 52.2 Å². The number of nitriles is 1.